The third kappa shape index (κ3) is 1.99. The van der Waals surface area contributed by atoms with Gasteiger partial charge in [-0.05, 0) is 43.0 Å². The number of aryl methyl sites for hydroxylation is 1. The molecule has 2 rings (SSSR count). The number of hydrogen-bond donors (Lipinski definition) is 0. The van der Waals surface area contributed by atoms with Crippen LogP contribution in [0.4, 0.5) is 0 Å². The molecule has 0 spiro atoms. The Kier molecular flexibility index (Phi) is 2.67. The smallest absolute Gasteiger partial charge is 0.130 e. The summed E-state index contributed by atoms with van der Waals surface area (Å²) in [6.07, 6.45) is 2.31. The lowest BCUT2D eigenvalue weighted by Gasteiger charge is -2.11. The van der Waals surface area contributed by atoms with Crippen LogP contribution in [0.3, 0.4) is 0 Å². The Balaban J connectivity index is 2.47. The zero-order valence-electron chi connectivity index (χ0n) is 9.46. The lowest BCUT2D eigenvalue weighted by Crippen LogP contribution is -1.94. The maximum Gasteiger partial charge on any atom is 0.130 e. The molecule has 1 aromatic carbocycles. The minimum absolute atomic E-state index is 0.895. The molecule has 0 radical (unpaired) electrons. The monoisotopic (exact) mass is 204 g/mol. The topological polar surface area (TPSA) is 18.5 Å². The summed E-state index contributed by atoms with van der Waals surface area (Å²) in [5.74, 6) is 1.89. The maximum atomic E-state index is 5.44. The van der Waals surface area contributed by atoms with Crippen molar-refractivity contribution in [2.45, 2.75) is 19.8 Å². The summed E-state index contributed by atoms with van der Waals surface area (Å²) in [6.45, 7) is 2.06. The molecule has 0 aromatic heterocycles. The molecule has 80 valence electrons. The van der Waals surface area contributed by atoms with E-state index in [-0.39, 0.29) is 0 Å². The van der Waals surface area contributed by atoms with E-state index in [0.717, 1.165) is 29.9 Å². The van der Waals surface area contributed by atoms with E-state index in [9.17, 15) is 0 Å². The van der Waals surface area contributed by atoms with Gasteiger partial charge in [-0.1, -0.05) is 6.07 Å². The van der Waals surface area contributed by atoms with Gasteiger partial charge in [0.15, 0.2) is 0 Å². The molecule has 2 heteroatoms. The molecule has 0 unspecified atom stereocenters. The van der Waals surface area contributed by atoms with Crippen LogP contribution in [0.2, 0.25) is 0 Å². The molecular formula is C13H16O2. The highest BCUT2D eigenvalue weighted by atomic mass is 16.5. The minimum Gasteiger partial charge on any atom is -0.496 e. The van der Waals surface area contributed by atoms with Crippen molar-refractivity contribution in [3.8, 4) is 5.75 Å². The Labute approximate surface area is 90.5 Å². The van der Waals surface area contributed by atoms with Gasteiger partial charge in [0.05, 0.1) is 19.8 Å². The van der Waals surface area contributed by atoms with Gasteiger partial charge in [0.2, 0.25) is 0 Å². The summed E-state index contributed by atoms with van der Waals surface area (Å²) >= 11 is 0. The second-order valence-corrected chi connectivity index (χ2v) is 3.84. The first-order valence-corrected chi connectivity index (χ1v) is 5.17. The number of rotatable bonds is 3. The summed E-state index contributed by atoms with van der Waals surface area (Å²) < 4.78 is 10.8. The van der Waals surface area contributed by atoms with Crippen LogP contribution in [0.15, 0.2) is 23.8 Å². The average Bonchev–Trinajstić information content (AvgIpc) is 3.05. The molecule has 1 saturated carbocycles. The van der Waals surface area contributed by atoms with E-state index in [1.807, 2.05) is 6.07 Å². The van der Waals surface area contributed by atoms with Crippen molar-refractivity contribution in [2.75, 3.05) is 14.2 Å². The molecule has 0 bridgehead atoms. The van der Waals surface area contributed by atoms with E-state index < -0.39 is 0 Å². The van der Waals surface area contributed by atoms with Crippen molar-refractivity contribution in [1.82, 2.24) is 0 Å². The van der Waals surface area contributed by atoms with E-state index in [1.54, 1.807) is 14.2 Å². The Bertz CT molecular complexity index is 399. The van der Waals surface area contributed by atoms with Crippen molar-refractivity contribution in [2.24, 2.45) is 0 Å². The molecule has 0 atom stereocenters. The first-order valence-electron chi connectivity index (χ1n) is 5.17. The highest BCUT2D eigenvalue weighted by Crippen LogP contribution is 2.39. The van der Waals surface area contributed by atoms with Crippen LogP contribution >= 0.6 is 0 Å². The molecule has 15 heavy (non-hydrogen) atoms. The third-order valence-electron chi connectivity index (χ3n) is 2.63. The standard InChI is InChI=1S/C13H16O2/c1-9-4-7-11(12(8-9)14-2)13(15-3)10-5-6-10/h4,7-8H,5-6H2,1-3H3. The molecule has 1 fully saturated rings. The maximum absolute atomic E-state index is 5.44. The summed E-state index contributed by atoms with van der Waals surface area (Å²) in [5.41, 5.74) is 3.66. The first kappa shape index (κ1) is 10.1. The van der Waals surface area contributed by atoms with Gasteiger partial charge < -0.3 is 9.47 Å². The Morgan fingerprint density at radius 1 is 1.20 bits per heavy atom. The number of benzene rings is 1. The number of hydrogen-bond acceptors (Lipinski definition) is 2. The Hall–Kier alpha value is -1.44. The van der Waals surface area contributed by atoms with Crippen molar-refractivity contribution in [3.63, 3.8) is 0 Å². The molecular weight excluding hydrogens is 188 g/mol. The van der Waals surface area contributed by atoms with Gasteiger partial charge in [-0.15, -0.1) is 0 Å². The van der Waals surface area contributed by atoms with Gasteiger partial charge in [-0.25, -0.2) is 0 Å². The normalized spacial score (nSPS) is 13.7. The third-order valence-corrected chi connectivity index (χ3v) is 2.63. The van der Waals surface area contributed by atoms with Gasteiger partial charge in [0.25, 0.3) is 0 Å². The first-order chi connectivity index (χ1) is 7.26. The molecule has 1 aromatic rings. The SMILES string of the molecule is COC(=C1CC1)c1ccc(C)cc1OC. The summed E-state index contributed by atoms with van der Waals surface area (Å²) in [7, 11) is 3.42. The van der Waals surface area contributed by atoms with Crippen LogP contribution in [-0.4, -0.2) is 14.2 Å². The largest absolute Gasteiger partial charge is 0.496 e. The van der Waals surface area contributed by atoms with Crippen LogP contribution < -0.4 is 4.74 Å². The predicted octanol–water partition coefficient (Wildman–Crippen LogP) is 3.15. The molecule has 0 amide bonds. The summed E-state index contributed by atoms with van der Waals surface area (Å²) in [5, 5.41) is 0. The van der Waals surface area contributed by atoms with Gasteiger partial charge in [0.1, 0.15) is 11.5 Å². The zero-order chi connectivity index (χ0) is 10.8. The second kappa shape index (κ2) is 3.97. The van der Waals surface area contributed by atoms with Gasteiger partial charge in [-0.3, -0.25) is 0 Å². The van der Waals surface area contributed by atoms with Crippen LogP contribution in [0.1, 0.15) is 24.0 Å². The molecule has 1 aliphatic carbocycles. The van der Waals surface area contributed by atoms with Crippen molar-refractivity contribution in [3.05, 3.63) is 34.9 Å². The number of ether oxygens (including phenoxy) is 2. The predicted molar refractivity (Wildman–Crippen MR) is 60.9 cm³/mol. The lowest BCUT2D eigenvalue weighted by molar-refractivity contribution is 0.360. The number of methoxy groups -OCH3 is 2. The molecule has 2 nitrogen and oxygen atoms in total. The van der Waals surface area contributed by atoms with Crippen molar-refractivity contribution >= 4 is 5.76 Å². The second-order valence-electron chi connectivity index (χ2n) is 3.84. The molecule has 1 aliphatic rings. The fourth-order valence-electron chi connectivity index (χ4n) is 1.72. The highest BCUT2D eigenvalue weighted by molar-refractivity contribution is 5.71. The Morgan fingerprint density at radius 2 is 1.93 bits per heavy atom. The fraction of sp³-hybridized carbons (Fsp3) is 0.385. The van der Waals surface area contributed by atoms with Gasteiger partial charge in [0, 0.05) is 0 Å². The van der Waals surface area contributed by atoms with E-state index in [0.29, 0.717) is 0 Å². The van der Waals surface area contributed by atoms with Crippen molar-refractivity contribution < 1.29 is 9.47 Å². The summed E-state index contributed by atoms with van der Waals surface area (Å²) in [4.78, 5) is 0. The van der Waals surface area contributed by atoms with E-state index in [4.69, 9.17) is 9.47 Å². The lowest BCUT2D eigenvalue weighted by atomic mass is 10.1. The van der Waals surface area contributed by atoms with Gasteiger partial charge >= 0.3 is 0 Å². The van der Waals surface area contributed by atoms with Crippen molar-refractivity contribution in [1.29, 1.82) is 0 Å². The number of allylic oxidation sites excluding steroid dienone is 1. The Morgan fingerprint density at radius 3 is 2.47 bits per heavy atom. The molecule has 0 heterocycles. The van der Waals surface area contributed by atoms with Crippen LogP contribution in [0.25, 0.3) is 5.76 Å². The van der Waals surface area contributed by atoms with Crippen LogP contribution in [0, 0.1) is 6.92 Å². The molecule has 0 N–H and O–H groups in total. The molecule has 0 saturated heterocycles. The van der Waals surface area contributed by atoms with E-state index in [1.165, 1.54) is 11.1 Å². The highest BCUT2D eigenvalue weighted by Gasteiger charge is 2.22. The molecule has 0 aliphatic heterocycles. The van der Waals surface area contributed by atoms with E-state index >= 15 is 0 Å². The van der Waals surface area contributed by atoms with Crippen LogP contribution in [-0.2, 0) is 4.74 Å². The summed E-state index contributed by atoms with van der Waals surface area (Å²) in [6, 6.07) is 6.19. The average molecular weight is 204 g/mol. The minimum atomic E-state index is 0.895. The van der Waals surface area contributed by atoms with Gasteiger partial charge in [-0.2, -0.15) is 0 Å². The fourth-order valence-corrected chi connectivity index (χ4v) is 1.72. The zero-order valence-corrected chi connectivity index (χ0v) is 9.46. The van der Waals surface area contributed by atoms with Crippen LogP contribution in [0.5, 0.6) is 5.75 Å². The quantitative estimate of drug-likeness (QED) is 0.704. The van der Waals surface area contributed by atoms with E-state index in [2.05, 4.69) is 19.1 Å².